The van der Waals surface area contributed by atoms with E-state index in [2.05, 4.69) is 28.5 Å². The molecule has 1 aliphatic heterocycles. The van der Waals surface area contributed by atoms with Crippen LogP contribution in [0.4, 0.5) is 8.78 Å². The van der Waals surface area contributed by atoms with Gasteiger partial charge in [0.15, 0.2) is 5.84 Å². The zero-order valence-electron chi connectivity index (χ0n) is 16.6. The van der Waals surface area contributed by atoms with E-state index in [1.807, 2.05) is 0 Å². The molecule has 0 aromatic heterocycles. The first kappa shape index (κ1) is 23.4. The van der Waals surface area contributed by atoms with Crippen molar-refractivity contribution in [2.75, 3.05) is 7.11 Å². The fourth-order valence-electron chi connectivity index (χ4n) is 2.91. The molecular weight excluding hydrogens is 416 g/mol. The van der Waals surface area contributed by atoms with Gasteiger partial charge in [-0.2, -0.15) is 0 Å². The fraction of sp³-hybridized carbons (Fsp3) is 0.286. The Labute approximate surface area is 178 Å². The van der Waals surface area contributed by atoms with Gasteiger partial charge in [0.25, 0.3) is 0 Å². The minimum Gasteiger partial charge on any atom is -0.466 e. The van der Waals surface area contributed by atoms with E-state index in [4.69, 9.17) is 16.3 Å². The molecule has 2 atom stereocenters. The van der Waals surface area contributed by atoms with Crippen LogP contribution in [-0.2, 0) is 9.53 Å². The van der Waals surface area contributed by atoms with Crippen molar-refractivity contribution in [1.29, 1.82) is 0 Å². The van der Waals surface area contributed by atoms with Crippen molar-refractivity contribution in [3.8, 4) is 0 Å². The standard InChI is InChI=1S/C21H22ClF2N3O3/c1-5-13(28)10-16-17(21(29)30-4)19(14-8-7-12(24)9-15(14)22)27-20(26-16)18(11(3)23)25-6-2/h6-9,13,19,28H,2-3,5,10H2,1,4H3,(H,26,27). The van der Waals surface area contributed by atoms with Gasteiger partial charge in [0.1, 0.15) is 23.4 Å². The number of amidine groups is 1. The summed E-state index contributed by atoms with van der Waals surface area (Å²) >= 11 is 6.22. The van der Waals surface area contributed by atoms with Crippen molar-refractivity contribution in [3.63, 3.8) is 0 Å². The van der Waals surface area contributed by atoms with Crippen LogP contribution in [-0.4, -0.2) is 35.8 Å². The minimum absolute atomic E-state index is 0.0167. The van der Waals surface area contributed by atoms with E-state index < -0.39 is 29.8 Å². The molecule has 0 fully saturated rings. The Morgan fingerprint density at radius 3 is 2.77 bits per heavy atom. The summed E-state index contributed by atoms with van der Waals surface area (Å²) in [5, 5.41) is 13.1. The van der Waals surface area contributed by atoms with E-state index in [0.717, 1.165) is 12.3 Å². The number of nitrogens with one attached hydrogen (secondary N) is 1. The summed E-state index contributed by atoms with van der Waals surface area (Å²) < 4.78 is 32.5. The van der Waals surface area contributed by atoms with Crippen LogP contribution >= 0.6 is 11.6 Å². The van der Waals surface area contributed by atoms with Crippen LogP contribution in [0.5, 0.6) is 0 Å². The number of halogens is 3. The van der Waals surface area contributed by atoms with Gasteiger partial charge in [0.2, 0.25) is 0 Å². The summed E-state index contributed by atoms with van der Waals surface area (Å²) in [6, 6.07) is 2.56. The Kier molecular flexibility index (Phi) is 8.02. The smallest absolute Gasteiger partial charge is 0.338 e. The molecule has 6 nitrogen and oxygen atoms in total. The summed E-state index contributed by atoms with van der Waals surface area (Å²) in [5.41, 5.74) is 0.373. The Hall–Kier alpha value is -2.84. The molecule has 9 heteroatoms. The van der Waals surface area contributed by atoms with Crippen molar-refractivity contribution >= 4 is 29.1 Å². The average Bonchev–Trinajstić information content (AvgIpc) is 2.70. The summed E-state index contributed by atoms with van der Waals surface area (Å²) in [6.45, 7) is 8.47. The number of ether oxygens (including phenoxy) is 1. The highest BCUT2D eigenvalue weighted by Crippen LogP contribution is 2.37. The lowest BCUT2D eigenvalue weighted by atomic mass is 9.93. The maximum Gasteiger partial charge on any atom is 0.338 e. The number of rotatable bonds is 8. The third-order valence-corrected chi connectivity index (χ3v) is 4.73. The number of hydrogen-bond acceptors (Lipinski definition) is 6. The lowest BCUT2D eigenvalue weighted by molar-refractivity contribution is -0.136. The molecule has 1 heterocycles. The molecule has 0 saturated carbocycles. The van der Waals surface area contributed by atoms with E-state index in [1.54, 1.807) is 6.92 Å². The van der Waals surface area contributed by atoms with Gasteiger partial charge < -0.3 is 15.2 Å². The first-order chi connectivity index (χ1) is 14.2. The Morgan fingerprint density at radius 1 is 1.53 bits per heavy atom. The summed E-state index contributed by atoms with van der Waals surface area (Å²) in [4.78, 5) is 20.9. The van der Waals surface area contributed by atoms with Gasteiger partial charge >= 0.3 is 5.97 Å². The second-order valence-electron chi connectivity index (χ2n) is 6.39. The minimum atomic E-state index is -1.06. The highest BCUT2D eigenvalue weighted by molar-refractivity contribution is 6.47. The van der Waals surface area contributed by atoms with Gasteiger partial charge in [0.05, 0.1) is 18.8 Å². The third kappa shape index (κ3) is 5.20. The number of nitrogens with zero attached hydrogens (tertiary/aromatic N) is 2. The lowest BCUT2D eigenvalue weighted by Crippen LogP contribution is -2.39. The molecule has 0 aliphatic carbocycles. The molecule has 0 amide bonds. The Morgan fingerprint density at radius 2 is 2.23 bits per heavy atom. The van der Waals surface area contributed by atoms with Gasteiger partial charge in [-0.15, -0.1) is 0 Å². The molecule has 0 radical (unpaired) electrons. The Bertz CT molecular complexity index is 957. The molecule has 2 unspecified atom stereocenters. The molecule has 1 aliphatic rings. The van der Waals surface area contributed by atoms with E-state index in [9.17, 15) is 18.7 Å². The summed E-state index contributed by atoms with van der Waals surface area (Å²) in [5.74, 6) is -2.23. The quantitative estimate of drug-likeness (QED) is 0.472. The molecule has 2 N–H and O–H groups in total. The maximum absolute atomic E-state index is 14.1. The Balaban J connectivity index is 2.76. The third-order valence-electron chi connectivity index (χ3n) is 4.40. The van der Waals surface area contributed by atoms with Crippen LogP contribution in [0.3, 0.4) is 0 Å². The van der Waals surface area contributed by atoms with Crippen molar-refractivity contribution in [1.82, 2.24) is 5.32 Å². The van der Waals surface area contributed by atoms with Crippen molar-refractivity contribution < 1.29 is 23.4 Å². The highest BCUT2D eigenvalue weighted by atomic mass is 35.5. The fourth-order valence-corrected chi connectivity index (χ4v) is 3.18. The van der Waals surface area contributed by atoms with E-state index in [-0.39, 0.29) is 34.3 Å². The van der Waals surface area contributed by atoms with Gasteiger partial charge in [0, 0.05) is 28.9 Å². The second-order valence-corrected chi connectivity index (χ2v) is 6.79. The molecule has 0 bridgehead atoms. The molecule has 0 spiro atoms. The van der Waals surface area contributed by atoms with Crippen molar-refractivity contribution in [3.05, 3.63) is 71.1 Å². The van der Waals surface area contributed by atoms with Crippen LogP contribution in [0.2, 0.25) is 5.02 Å². The predicted octanol–water partition coefficient (Wildman–Crippen LogP) is 4.18. The van der Waals surface area contributed by atoms with E-state index in [0.29, 0.717) is 12.0 Å². The largest absolute Gasteiger partial charge is 0.466 e. The molecular formula is C21H22ClF2N3O3. The van der Waals surface area contributed by atoms with Crippen LogP contribution in [0.25, 0.3) is 0 Å². The summed E-state index contributed by atoms with van der Waals surface area (Å²) in [7, 11) is 1.19. The highest BCUT2D eigenvalue weighted by Gasteiger charge is 2.34. The number of aliphatic hydroxyl groups excluding tert-OH is 1. The summed E-state index contributed by atoms with van der Waals surface area (Å²) in [6.07, 6.45) is 0.737. The van der Waals surface area contributed by atoms with Crippen LogP contribution in [0.1, 0.15) is 31.4 Å². The van der Waals surface area contributed by atoms with E-state index in [1.165, 1.54) is 19.2 Å². The van der Waals surface area contributed by atoms with Crippen LogP contribution in [0.15, 0.2) is 64.6 Å². The van der Waals surface area contributed by atoms with Gasteiger partial charge in [-0.1, -0.05) is 37.7 Å². The number of carbonyl (C=O) groups is 1. The molecule has 160 valence electrons. The first-order valence-corrected chi connectivity index (χ1v) is 9.44. The maximum atomic E-state index is 14.1. The molecule has 1 aromatic rings. The zero-order chi connectivity index (χ0) is 22.4. The monoisotopic (exact) mass is 437 g/mol. The number of benzene rings is 1. The van der Waals surface area contributed by atoms with Crippen molar-refractivity contribution in [2.45, 2.75) is 31.9 Å². The lowest BCUT2D eigenvalue weighted by Gasteiger charge is -2.29. The SMILES string of the molecule is C=CN=C(C(=C)F)C1=NC(c2ccc(F)cc2Cl)C(C(=O)OC)=C(CC(O)CC)N1. The molecule has 2 rings (SSSR count). The normalized spacial score (nSPS) is 17.7. The van der Waals surface area contributed by atoms with E-state index >= 15 is 0 Å². The van der Waals surface area contributed by atoms with Crippen molar-refractivity contribution in [2.24, 2.45) is 9.98 Å². The average molecular weight is 438 g/mol. The zero-order valence-corrected chi connectivity index (χ0v) is 17.3. The predicted molar refractivity (Wildman–Crippen MR) is 113 cm³/mol. The first-order valence-electron chi connectivity index (χ1n) is 9.06. The second kappa shape index (κ2) is 10.3. The number of carbonyl (C=O) groups excluding carboxylic acids is 1. The van der Waals surface area contributed by atoms with Gasteiger partial charge in [-0.3, -0.25) is 9.98 Å². The number of methoxy groups -OCH3 is 1. The number of aliphatic hydroxyl groups is 1. The molecule has 30 heavy (non-hydrogen) atoms. The van der Waals surface area contributed by atoms with Gasteiger partial charge in [-0.05, 0) is 18.6 Å². The van der Waals surface area contributed by atoms with Crippen LogP contribution in [0, 0.1) is 5.82 Å². The van der Waals surface area contributed by atoms with Crippen LogP contribution < -0.4 is 5.32 Å². The van der Waals surface area contributed by atoms with Gasteiger partial charge in [-0.25, -0.2) is 13.6 Å². The topological polar surface area (TPSA) is 83.3 Å². The molecule has 0 saturated heterocycles. The number of aliphatic imine (C=N–C) groups is 2. The molecule has 1 aromatic carbocycles. The number of hydrogen-bond donors (Lipinski definition) is 2. The number of esters is 1.